The molecule has 356 valence electrons. The van der Waals surface area contributed by atoms with Crippen LogP contribution in [0.25, 0.3) is 0 Å². The minimum absolute atomic E-state index is 0.00839. The number of nitrogens with two attached hydrogens (primary N) is 2. The van der Waals surface area contributed by atoms with E-state index in [1.54, 1.807) is 19.9 Å². The SMILES string of the molecule is CC(N)C(=O)NC(C)C(=O)N1CCCC1C(=O)NC(Cc1ccccc1)C(C)CC(C)C(=O)NCCS(=O)(=O)c1cccc(Nc2cc(S(=O)(=O)O)c(N)c3c2C(=O)c2ccccc2C3=O)c1. The van der Waals surface area contributed by atoms with Crippen LogP contribution in [0.3, 0.4) is 0 Å². The number of hydrogen-bond acceptors (Lipinski definition) is 13. The number of rotatable bonds is 18. The van der Waals surface area contributed by atoms with E-state index in [1.165, 1.54) is 54.3 Å². The molecule has 0 spiro atoms. The molecule has 0 aromatic heterocycles. The number of hydrogen-bond donors (Lipinski definition) is 7. The lowest BCUT2D eigenvalue weighted by Crippen LogP contribution is -2.55. The van der Waals surface area contributed by atoms with Gasteiger partial charge in [0.05, 0.1) is 39.2 Å². The Balaban J connectivity index is 1.11. The summed E-state index contributed by atoms with van der Waals surface area (Å²) in [6.45, 7) is 6.75. The molecule has 18 nitrogen and oxygen atoms in total. The average molecular weight is 958 g/mol. The largest absolute Gasteiger partial charge is 0.397 e. The predicted octanol–water partition coefficient (Wildman–Crippen LogP) is 3.16. The average Bonchev–Trinajstić information content (AvgIpc) is 3.78. The molecule has 2 aliphatic rings. The van der Waals surface area contributed by atoms with Gasteiger partial charge in [0.2, 0.25) is 23.6 Å². The number of likely N-dealkylation sites (tertiary alicyclic amines) is 1. The molecule has 4 aromatic carbocycles. The lowest BCUT2D eigenvalue weighted by Gasteiger charge is -2.31. The Morgan fingerprint density at radius 3 is 2.10 bits per heavy atom. The van der Waals surface area contributed by atoms with Gasteiger partial charge in [-0.1, -0.05) is 74.5 Å². The Kier molecular flexibility index (Phi) is 15.3. The van der Waals surface area contributed by atoms with Crippen LogP contribution in [-0.2, 0) is 45.6 Å². The summed E-state index contributed by atoms with van der Waals surface area (Å²) in [5, 5.41) is 11.3. The monoisotopic (exact) mass is 957 g/mol. The van der Waals surface area contributed by atoms with Gasteiger partial charge in [-0.2, -0.15) is 8.42 Å². The van der Waals surface area contributed by atoms with Crippen molar-refractivity contribution in [3.8, 4) is 0 Å². The minimum Gasteiger partial charge on any atom is -0.397 e. The smallest absolute Gasteiger partial charge is 0.296 e. The quantitative estimate of drug-likeness (QED) is 0.0491. The highest BCUT2D eigenvalue weighted by atomic mass is 32.2. The number of fused-ring (bicyclic) bond motifs is 2. The van der Waals surface area contributed by atoms with Crippen molar-refractivity contribution in [1.82, 2.24) is 20.9 Å². The van der Waals surface area contributed by atoms with E-state index in [1.807, 2.05) is 37.3 Å². The first kappa shape index (κ1) is 49.9. The highest BCUT2D eigenvalue weighted by Gasteiger charge is 2.39. The number of nitrogens with zero attached hydrogens (tertiary/aromatic N) is 1. The van der Waals surface area contributed by atoms with Crippen LogP contribution in [0.2, 0.25) is 0 Å². The van der Waals surface area contributed by atoms with Crippen molar-refractivity contribution >= 4 is 72.2 Å². The van der Waals surface area contributed by atoms with Gasteiger partial charge in [-0.05, 0) is 75.3 Å². The zero-order valence-electron chi connectivity index (χ0n) is 37.4. The van der Waals surface area contributed by atoms with Crippen molar-refractivity contribution in [2.24, 2.45) is 17.6 Å². The van der Waals surface area contributed by atoms with Gasteiger partial charge >= 0.3 is 0 Å². The number of nitrogen functional groups attached to an aromatic ring is 1. The van der Waals surface area contributed by atoms with Crippen LogP contribution in [0.4, 0.5) is 17.1 Å². The molecule has 0 radical (unpaired) electrons. The maximum Gasteiger partial charge on any atom is 0.296 e. The first-order valence-corrected chi connectivity index (χ1v) is 24.9. The summed E-state index contributed by atoms with van der Waals surface area (Å²) >= 11 is 0. The number of nitrogens with one attached hydrogen (secondary N) is 4. The molecule has 4 amide bonds. The molecule has 1 aliphatic heterocycles. The van der Waals surface area contributed by atoms with E-state index in [2.05, 4.69) is 21.3 Å². The molecule has 6 rings (SSSR count). The third kappa shape index (κ3) is 11.4. The van der Waals surface area contributed by atoms with Gasteiger partial charge in [0.25, 0.3) is 10.1 Å². The molecule has 4 aromatic rings. The van der Waals surface area contributed by atoms with E-state index in [-0.39, 0.29) is 51.3 Å². The summed E-state index contributed by atoms with van der Waals surface area (Å²) in [5.74, 6) is -4.42. The summed E-state index contributed by atoms with van der Waals surface area (Å²) in [6, 6.07) is 18.8. The van der Waals surface area contributed by atoms with Crippen LogP contribution in [-0.4, -0.2) is 104 Å². The Morgan fingerprint density at radius 2 is 1.46 bits per heavy atom. The molecule has 0 saturated carbocycles. The van der Waals surface area contributed by atoms with E-state index in [0.29, 0.717) is 32.2 Å². The Bertz CT molecular complexity index is 2820. The Labute approximate surface area is 389 Å². The van der Waals surface area contributed by atoms with Crippen LogP contribution in [0.1, 0.15) is 84.4 Å². The zero-order chi connectivity index (χ0) is 49.0. The molecule has 6 atom stereocenters. The van der Waals surface area contributed by atoms with Crippen molar-refractivity contribution in [1.29, 1.82) is 0 Å². The van der Waals surface area contributed by atoms with E-state index >= 15 is 0 Å². The third-order valence-corrected chi connectivity index (χ3v) is 14.7. The molecule has 1 saturated heterocycles. The third-order valence-electron chi connectivity index (χ3n) is 12.1. The van der Waals surface area contributed by atoms with Crippen molar-refractivity contribution < 1.29 is 50.2 Å². The Hall–Kier alpha value is -6.48. The highest BCUT2D eigenvalue weighted by Crippen LogP contribution is 2.40. The summed E-state index contributed by atoms with van der Waals surface area (Å²) in [6.07, 6.45) is 1.77. The Morgan fingerprint density at radius 1 is 0.821 bits per heavy atom. The van der Waals surface area contributed by atoms with Gasteiger partial charge in [-0.25, -0.2) is 8.42 Å². The van der Waals surface area contributed by atoms with Crippen molar-refractivity contribution in [3.63, 3.8) is 0 Å². The van der Waals surface area contributed by atoms with Crippen LogP contribution in [0.5, 0.6) is 0 Å². The van der Waals surface area contributed by atoms with E-state index in [0.717, 1.165) is 11.6 Å². The summed E-state index contributed by atoms with van der Waals surface area (Å²) in [7, 11) is -9.06. The van der Waals surface area contributed by atoms with Gasteiger partial charge in [-0.15, -0.1) is 0 Å². The number of ketones is 2. The van der Waals surface area contributed by atoms with Gasteiger partial charge in [-0.3, -0.25) is 33.3 Å². The molecule has 1 heterocycles. The number of anilines is 3. The van der Waals surface area contributed by atoms with Crippen LogP contribution in [0, 0.1) is 11.8 Å². The molecule has 20 heteroatoms. The lowest BCUT2D eigenvalue weighted by atomic mass is 9.82. The second-order valence-electron chi connectivity index (χ2n) is 17.2. The summed E-state index contributed by atoms with van der Waals surface area (Å²) in [5.41, 5.74) is 11.3. The lowest BCUT2D eigenvalue weighted by molar-refractivity contribution is -0.141. The van der Waals surface area contributed by atoms with E-state index < -0.39 is 101 Å². The second-order valence-corrected chi connectivity index (χ2v) is 20.7. The summed E-state index contributed by atoms with van der Waals surface area (Å²) < 4.78 is 62.0. The standard InChI is InChI=1S/C47H55N7O11S2/c1-26(35(23-30-12-6-5-7-13-30)53-46(59)37-18-11-20-54(37)47(60)29(4)51-45(58)28(3)48)22-27(2)44(57)50-19-21-66(61,62)32-15-10-14-31(24-32)52-36-25-38(67(63,64)65)41(49)40-39(36)42(55)33-16-8-9-17-34(33)43(40)56/h5-10,12-17,24-29,35,37,52H,11,18-23,48-49H2,1-4H3,(H,50,57)(H,51,58)(H,53,59)(H,63,64,65). The van der Waals surface area contributed by atoms with E-state index in [4.69, 9.17) is 11.5 Å². The minimum atomic E-state index is -5.00. The number of amides is 4. The number of carbonyl (C=O) groups is 6. The topological polar surface area (TPSA) is 294 Å². The fraction of sp³-hybridized carbons (Fsp3) is 0.362. The molecule has 1 aliphatic carbocycles. The molecular formula is C47H55N7O11S2. The van der Waals surface area contributed by atoms with E-state index in [9.17, 15) is 50.2 Å². The normalized spacial score (nSPS) is 17.0. The second kappa shape index (κ2) is 20.6. The fourth-order valence-corrected chi connectivity index (χ4v) is 10.3. The molecule has 9 N–H and O–H groups in total. The molecule has 67 heavy (non-hydrogen) atoms. The van der Waals surface area contributed by atoms with Gasteiger partial charge in [0.1, 0.15) is 17.0 Å². The maximum absolute atomic E-state index is 13.9. The number of sulfone groups is 1. The molecular weight excluding hydrogens is 903 g/mol. The van der Waals surface area contributed by atoms with Gasteiger partial charge < -0.3 is 37.6 Å². The number of carbonyl (C=O) groups excluding carboxylic acids is 6. The molecule has 0 bridgehead atoms. The van der Waals surface area contributed by atoms with Crippen LogP contribution >= 0.6 is 0 Å². The van der Waals surface area contributed by atoms with Crippen LogP contribution in [0.15, 0.2) is 94.7 Å². The summed E-state index contributed by atoms with van der Waals surface area (Å²) in [4.78, 5) is 80.6. The first-order chi connectivity index (χ1) is 31.6. The zero-order valence-corrected chi connectivity index (χ0v) is 39.1. The van der Waals surface area contributed by atoms with Crippen molar-refractivity contribution in [2.45, 2.75) is 87.3 Å². The number of benzene rings is 4. The van der Waals surface area contributed by atoms with Crippen LogP contribution < -0.4 is 32.7 Å². The van der Waals surface area contributed by atoms with Gasteiger partial charge in [0, 0.05) is 41.9 Å². The molecule has 6 unspecified atom stereocenters. The highest BCUT2D eigenvalue weighted by molar-refractivity contribution is 7.91. The predicted molar refractivity (Wildman–Crippen MR) is 250 cm³/mol. The first-order valence-electron chi connectivity index (χ1n) is 21.8. The van der Waals surface area contributed by atoms with Gasteiger partial charge in [0.15, 0.2) is 21.4 Å². The van der Waals surface area contributed by atoms with Crippen molar-refractivity contribution in [2.75, 3.05) is 29.9 Å². The molecule has 1 fully saturated rings. The fourth-order valence-electron chi connectivity index (χ4n) is 8.46. The van der Waals surface area contributed by atoms with Crippen molar-refractivity contribution in [3.05, 3.63) is 113 Å². The maximum atomic E-state index is 13.9.